The molecular formula is C66H65N7. The summed E-state index contributed by atoms with van der Waals surface area (Å²) in [5.41, 5.74) is 15.6. The second-order valence-electron chi connectivity index (χ2n) is 23.9. The molecule has 0 atom stereocenters. The Balaban J connectivity index is 1.24. The van der Waals surface area contributed by atoms with E-state index in [1.54, 1.807) is 0 Å². The van der Waals surface area contributed by atoms with Crippen LogP contribution >= 0.6 is 0 Å². The van der Waals surface area contributed by atoms with Crippen molar-refractivity contribution in [3.05, 3.63) is 199 Å². The van der Waals surface area contributed by atoms with Crippen LogP contribution in [0, 0.1) is 0 Å². The number of anilines is 3. The zero-order valence-corrected chi connectivity index (χ0v) is 44.4. The average Bonchev–Trinajstić information content (AvgIpc) is 3.88. The molecule has 7 heteroatoms. The van der Waals surface area contributed by atoms with E-state index in [9.17, 15) is 0 Å². The molecule has 0 amide bonds. The molecule has 0 aliphatic rings. The molecular weight excluding hydrogens is 891 g/mol. The van der Waals surface area contributed by atoms with Crippen molar-refractivity contribution in [2.24, 2.45) is 0 Å². The van der Waals surface area contributed by atoms with Crippen LogP contribution in [0.15, 0.2) is 176 Å². The first-order valence-electron chi connectivity index (χ1n) is 25.6. The Morgan fingerprint density at radius 2 is 0.589 bits per heavy atom. The third kappa shape index (κ3) is 8.75. The number of benzene rings is 6. The van der Waals surface area contributed by atoms with Crippen LogP contribution in [-0.2, 0) is 21.7 Å². The van der Waals surface area contributed by atoms with Gasteiger partial charge in [-0.2, -0.15) is 9.97 Å². The molecule has 0 aliphatic heterocycles. The minimum Gasteiger partial charge on any atom is -0.294 e. The van der Waals surface area contributed by atoms with Gasteiger partial charge >= 0.3 is 0 Å². The van der Waals surface area contributed by atoms with Crippen molar-refractivity contribution in [3.8, 4) is 33.9 Å². The van der Waals surface area contributed by atoms with Crippen molar-refractivity contribution >= 4 is 60.9 Å². The van der Waals surface area contributed by atoms with Crippen LogP contribution in [0.25, 0.3) is 77.5 Å². The van der Waals surface area contributed by atoms with Gasteiger partial charge in [0.2, 0.25) is 5.95 Å². The molecule has 5 heterocycles. The second-order valence-corrected chi connectivity index (χ2v) is 23.9. The lowest BCUT2D eigenvalue weighted by atomic mass is 9.85. The van der Waals surface area contributed by atoms with Gasteiger partial charge in [0, 0.05) is 63.8 Å². The van der Waals surface area contributed by atoms with E-state index < -0.39 is 0 Å². The third-order valence-corrected chi connectivity index (χ3v) is 14.6. The van der Waals surface area contributed by atoms with Gasteiger partial charge in [-0.05, 0) is 163 Å². The molecule has 0 saturated carbocycles. The van der Waals surface area contributed by atoms with Crippen molar-refractivity contribution in [2.75, 3.05) is 4.90 Å². The molecule has 0 saturated heterocycles. The highest BCUT2D eigenvalue weighted by molar-refractivity contribution is 6.11. The van der Waals surface area contributed by atoms with E-state index in [1.807, 2.05) is 49.1 Å². The molecule has 11 rings (SSSR count). The molecule has 73 heavy (non-hydrogen) atoms. The van der Waals surface area contributed by atoms with Crippen molar-refractivity contribution in [3.63, 3.8) is 0 Å². The number of rotatable bonds is 7. The van der Waals surface area contributed by atoms with E-state index in [-0.39, 0.29) is 21.7 Å². The predicted octanol–water partition coefficient (Wildman–Crippen LogP) is 17.5. The summed E-state index contributed by atoms with van der Waals surface area (Å²) in [6.07, 6.45) is 7.36. The first-order chi connectivity index (χ1) is 34.7. The SMILES string of the molecule is CC(C)(C)c1ccc2c(c1)c1cc(C(C)(C)C)ccc1n2-c1cc(-n2c3ccc(C(C)(C)C)cc3c3cc(C(C)(C)C)ccc32)nc(N(c2ccc(-c3ccncc3)cc2)c2ccc(-c3ccncc3)cc2)n1. The molecule has 0 radical (unpaired) electrons. The first-order valence-corrected chi connectivity index (χ1v) is 25.6. The van der Waals surface area contributed by atoms with Crippen LogP contribution in [0.5, 0.6) is 0 Å². The Bertz CT molecular complexity index is 3460. The Morgan fingerprint density at radius 3 is 0.863 bits per heavy atom. The lowest BCUT2D eigenvalue weighted by Crippen LogP contribution is -2.16. The maximum Gasteiger partial charge on any atom is 0.238 e. The van der Waals surface area contributed by atoms with Gasteiger partial charge in [-0.15, -0.1) is 0 Å². The van der Waals surface area contributed by atoms with Gasteiger partial charge in [0.05, 0.1) is 22.1 Å². The summed E-state index contributed by atoms with van der Waals surface area (Å²) in [6, 6.07) is 55.7. The topological polar surface area (TPSA) is 64.7 Å². The summed E-state index contributed by atoms with van der Waals surface area (Å²) in [4.78, 5) is 22.3. The zero-order chi connectivity index (χ0) is 51.2. The fourth-order valence-corrected chi connectivity index (χ4v) is 10.2. The smallest absolute Gasteiger partial charge is 0.238 e. The Labute approximate surface area is 430 Å². The maximum absolute atomic E-state index is 5.74. The molecule has 0 aliphatic carbocycles. The van der Waals surface area contributed by atoms with Gasteiger partial charge in [-0.1, -0.05) is 132 Å². The van der Waals surface area contributed by atoms with E-state index in [4.69, 9.17) is 9.97 Å². The van der Waals surface area contributed by atoms with Crippen LogP contribution in [0.1, 0.15) is 105 Å². The molecule has 6 aromatic carbocycles. The number of hydrogen-bond acceptors (Lipinski definition) is 5. The highest BCUT2D eigenvalue weighted by Gasteiger charge is 2.27. The molecule has 0 spiro atoms. The number of pyridine rings is 2. The normalized spacial score (nSPS) is 12.7. The molecule has 0 unspecified atom stereocenters. The molecule has 0 fully saturated rings. The summed E-state index contributed by atoms with van der Waals surface area (Å²) in [5, 5.41) is 4.80. The van der Waals surface area contributed by atoms with Crippen molar-refractivity contribution in [1.29, 1.82) is 0 Å². The molecule has 7 nitrogen and oxygen atoms in total. The summed E-state index contributed by atoms with van der Waals surface area (Å²) < 4.78 is 4.72. The summed E-state index contributed by atoms with van der Waals surface area (Å²) >= 11 is 0. The highest BCUT2D eigenvalue weighted by atomic mass is 15.3. The summed E-state index contributed by atoms with van der Waals surface area (Å²) in [5.74, 6) is 2.08. The van der Waals surface area contributed by atoms with Gasteiger partial charge in [0.25, 0.3) is 0 Å². The monoisotopic (exact) mass is 956 g/mol. The Kier molecular flexibility index (Phi) is 11.3. The van der Waals surface area contributed by atoms with Gasteiger partial charge in [0.1, 0.15) is 11.6 Å². The minimum atomic E-state index is -0.0455. The third-order valence-electron chi connectivity index (χ3n) is 14.6. The first kappa shape index (κ1) is 47.4. The molecule has 0 N–H and O–H groups in total. The van der Waals surface area contributed by atoms with Gasteiger partial charge in [0.15, 0.2) is 0 Å². The largest absolute Gasteiger partial charge is 0.294 e. The lowest BCUT2D eigenvalue weighted by Gasteiger charge is -2.25. The lowest BCUT2D eigenvalue weighted by molar-refractivity contribution is 0.590. The molecule has 364 valence electrons. The number of hydrogen-bond donors (Lipinski definition) is 0. The summed E-state index contributed by atoms with van der Waals surface area (Å²) in [7, 11) is 0. The molecule has 0 bridgehead atoms. The quantitative estimate of drug-likeness (QED) is 0.159. The fraction of sp³-hybridized carbons (Fsp3) is 0.242. The number of nitrogens with zero attached hydrogens (tertiary/aromatic N) is 7. The zero-order valence-electron chi connectivity index (χ0n) is 44.4. The van der Waals surface area contributed by atoms with Crippen LogP contribution in [0.2, 0.25) is 0 Å². The van der Waals surface area contributed by atoms with Crippen LogP contribution in [0.4, 0.5) is 17.3 Å². The van der Waals surface area contributed by atoms with Crippen molar-refractivity contribution < 1.29 is 0 Å². The maximum atomic E-state index is 5.74. The number of aromatic nitrogens is 6. The Hall–Kier alpha value is -7.90. The van der Waals surface area contributed by atoms with E-state index in [2.05, 4.69) is 234 Å². The van der Waals surface area contributed by atoms with E-state index in [1.165, 1.54) is 43.8 Å². The van der Waals surface area contributed by atoms with Gasteiger partial charge < -0.3 is 0 Å². The van der Waals surface area contributed by atoms with E-state index in [0.717, 1.165) is 67.3 Å². The predicted molar refractivity (Wildman–Crippen MR) is 307 cm³/mol. The standard InChI is InChI=1S/C66H65N7/c1-63(2,3)46-17-25-56-52(37-46)53-38-47(64(4,5)6)18-26-57(53)72(56)60-41-61(73-58-27-19-48(65(7,8)9)39-54(58)55-40-49(66(10,11)12)20-28-59(55)73)70-62(69-60)71(50-21-13-42(14-22-50)44-29-33-67-34-30-44)51-23-15-43(16-24-51)45-31-35-68-36-32-45/h13-41H,1-12H3. The van der Waals surface area contributed by atoms with Crippen LogP contribution in [-0.4, -0.2) is 29.1 Å². The summed E-state index contributed by atoms with van der Waals surface area (Å²) in [6.45, 7) is 27.5. The van der Waals surface area contributed by atoms with E-state index >= 15 is 0 Å². The molecule has 11 aromatic rings. The van der Waals surface area contributed by atoms with Crippen molar-refractivity contribution in [1.82, 2.24) is 29.1 Å². The second kappa shape index (κ2) is 17.4. The fourth-order valence-electron chi connectivity index (χ4n) is 10.2. The Morgan fingerprint density at radius 1 is 0.315 bits per heavy atom. The molecule has 5 aromatic heterocycles. The van der Waals surface area contributed by atoms with Crippen molar-refractivity contribution in [2.45, 2.75) is 105 Å². The van der Waals surface area contributed by atoms with Gasteiger partial charge in [-0.25, -0.2) is 0 Å². The van der Waals surface area contributed by atoms with Gasteiger partial charge in [-0.3, -0.25) is 24.0 Å². The minimum absolute atomic E-state index is 0.0455. The highest BCUT2D eigenvalue weighted by Crippen LogP contribution is 2.43. The number of fused-ring (bicyclic) bond motifs is 6. The van der Waals surface area contributed by atoms with Crippen LogP contribution < -0.4 is 4.90 Å². The average molecular weight is 956 g/mol. The van der Waals surface area contributed by atoms with E-state index in [0.29, 0.717) is 5.95 Å². The van der Waals surface area contributed by atoms with Crippen LogP contribution in [0.3, 0.4) is 0 Å².